The molecule has 2 aromatic rings. The van der Waals surface area contributed by atoms with Gasteiger partial charge in [-0.05, 0) is 31.9 Å². The van der Waals surface area contributed by atoms with E-state index in [1.807, 2.05) is 24.3 Å². The first kappa shape index (κ1) is 15.9. The molecule has 0 saturated carbocycles. The van der Waals surface area contributed by atoms with Crippen LogP contribution >= 0.6 is 0 Å². The van der Waals surface area contributed by atoms with E-state index in [9.17, 15) is 9.59 Å². The fraction of sp³-hybridized carbons (Fsp3) is 0.421. The van der Waals surface area contributed by atoms with Gasteiger partial charge in [0.15, 0.2) is 12.2 Å². The largest absolute Gasteiger partial charge is 0.486 e. The molecule has 1 spiro atoms. The van der Waals surface area contributed by atoms with Crippen molar-refractivity contribution in [3.8, 4) is 5.75 Å². The number of Topliss-reactive ketones (excluding diaryl/α,β-unsaturated/α-hetero) is 1. The number of aromatic nitrogens is 1. The molecule has 1 amide bonds. The summed E-state index contributed by atoms with van der Waals surface area (Å²) in [5.41, 5.74) is 0.737. The summed E-state index contributed by atoms with van der Waals surface area (Å²) in [4.78, 5) is 31.0. The number of para-hydroxylation sites is 1. The molecule has 1 atom stereocenters. The Kier molecular flexibility index (Phi) is 3.82. The average Bonchev–Trinajstić information content (AvgIpc) is 2.93. The minimum Gasteiger partial charge on any atom is -0.486 e. The predicted molar refractivity (Wildman–Crippen MR) is 89.7 cm³/mol. The van der Waals surface area contributed by atoms with Gasteiger partial charge in [0, 0.05) is 19.5 Å². The van der Waals surface area contributed by atoms with Gasteiger partial charge in [-0.3, -0.25) is 9.59 Å². The van der Waals surface area contributed by atoms with Gasteiger partial charge in [-0.1, -0.05) is 12.1 Å². The van der Waals surface area contributed by atoms with Crippen molar-refractivity contribution in [1.82, 2.24) is 9.88 Å². The number of carbonyl (C=O) groups excluding carboxylic acids is 2. The van der Waals surface area contributed by atoms with Gasteiger partial charge in [-0.2, -0.15) is 0 Å². The predicted octanol–water partition coefficient (Wildman–Crippen LogP) is 3.01. The van der Waals surface area contributed by atoms with Crippen LogP contribution in [0.1, 0.15) is 52.3 Å². The number of aryl methyl sites for hydroxylation is 1. The quantitative estimate of drug-likeness (QED) is 0.798. The number of carbonyl (C=O) groups is 2. The second-order valence-electron chi connectivity index (χ2n) is 6.79. The molecular formula is C19H20N2O4. The average molecular weight is 340 g/mol. The van der Waals surface area contributed by atoms with E-state index < -0.39 is 5.60 Å². The first-order chi connectivity index (χ1) is 12.1. The van der Waals surface area contributed by atoms with Crippen LogP contribution in [0.4, 0.5) is 0 Å². The lowest BCUT2D eigenvalue weighted by atomic mass is 9.84. The van der Waals surface area contributed by atoms with Crippen molar-refractivity contribution in [1.29, 1.82) is 0 Å². The minimum atomic E-state index is -0.517. The van der Waals surface area contributed by atoms with E-state index in [0.717, 1.165) is 12.8 Å². The van der Waals surface area contributed by atoms with Crippen LogP contribution in [0.25, 0.3) is 0 Å². The molecule has 1 aromatic carbocycles. The van der Waals surface area contributed by atoms with E-state index in [4.69, 9.17) is 9.15 Å². The smallest absolute Gasteiger partial charge is 0.291 e. The van der Waals surface area contributed by atoms with Crippen molar-refractivity contribution in [3.05, 3.63) is 47.7 Å². The third-order valence-electron chi connectivity index (χ3n) is 5.12. The molecule has 1 fully saturated rings. The van der Waals surface area contributed by atoms with E-state index in [-0.39, 0.29) is 11.7 Å². The summed E-state index contributed by atoms with van der Waals surface area (Å²) in [6, 6.07) is 7.39. The van der Waals surface area contributed by atoms with Crippen LogP contribution in [0.2, 0.25) is 0 Å². The lowest BCUT2D eigenvalue weighted by Gasteiger charge is -2.37. The number of ketones is 1. The fourth-order valence-corrected chi connectivity index (χ4v) is 3.74. The van der Waals surface area contributed by atoms with Gasteiger partial charge in [0.05, 0.1) is 17.7 Å². The second kappa shape index (κ2) is 6.02. The number of hydrogen-bond donors (Lipinski definition) is 0. The lowest BCUT2D eigenvalue weighted by molar-refractivity contribution is 0.0299. The molecule has 130 valence electrons. The molecular weight excluding hydrogens is 320 g/mol. The molecule has 6 heteroatoms. The molecule has 0 bridgehead atoms. The van der Waals surface area contributed by atoms with Gasteiger partial charge in [0.25, 0.3) is 5.91 Å². The van der Waals surface area contributed by atoms with Crippen molar-refractivity contribution < 1.29 is 18.7 Å². The molecule has 25 heavy (non-hydrogen) atoms. The highest BCUT2D eigenvalue weighted by Crippen LogP contribution is 2.39. The van der Waals surface area contributed by atoms with Gasteiger partial charge in [-0.25, -0.2) is 4.98 Å². The highest BCUT2D eigenvalue weighted by molar-refractivity contribution is 6.00. The van der Waals surface area contributed by atoms with Crippen LogP contribution < -0.4 is 4.74 Å². The highest BCUT2D eigenvalue weighted by atomic mass is 16.5. The number of benzene rings is 1. The summed E-state index contributed by atoms with van der Waals surface area (Å²) in [7, 11) is 0. The summed E-state index contributed by atoms with van der Waals surface area (Å²) >= 11 is 0. The number of rotatable bonds is 1. The normalized spacial score (nSPS) is 23.1. The summed E-state index contributed by atoms with van der Waals surface area (Å²) in [5.74, 6) is 0.925. The van der Waals surface area contributed by atoms with Gasteiger partial charge in [0.2, 0.25) is 5.76 Å². The Morgan fingerprint density at radius 1 is 1.24 bits per heavy atom. The third-order valence-corrected chi connectivity index (χ3v) is 5.12. The van der Waals surface area contributed by atoms with E-state index in [2.05, 4.69) is 4.98 Å². The molecule has 2 aliphatic heterocycles. The SMILES string of the molecule is Cc1ncoc1C(=O)N1CCCC2(CC1)CC(=O)c1ccccc1O2. The van der Waals surface area contributed by atoms with Crippen molar-refractivity contribution in [2.75, 3.05) is 13.1 Å². The summed E-state index contributed by atoms with van der Waals surface area (Å²) in [6.07, 6.45) is 3.84. The van der Waals surface area contributed by atoms with Crippen molar-refractivity contribution in [3.63, 3.8) is 0 Å². The molecule has 1 saturated heterocycles. The Bertz CT molecular complexity index is 828. The number of nitrogens with zero attached hydrogens (tertiary/aromatic N) is 2. The van der Waals surface area contributed by atoms with E-state index >= 15 is 0 Å². The lowest BCUT2D eigenvalue weighted by Crippen LogP contribution is -2.43. The Morgan fingerprint density at radius 3 is 2.88 bits per heavy atom. The van der Waals surface area contributed by atoms with Crippen LogP contribution in [0.5, 0.6) is 5.75 Å². The number of likely N-dealkylation sites (tertiary alicyclic amines) is 1. The highest BCUT2D eigenvalue weighted by Gasteiger charge is 2.42. The Labute approximate surface area is 145 Å². The van der Waals surface area contributed by atoms with Gasteiger partial charge in [0.1, 0.15) is 11.4 Å². The van der Waals surface area contributed by atoms with Crippen LogP contribution in [-0.4, -0.2) is 40.3 Å². The minimum absolute atomic E-state index is 0.118. The summed E-state index contributed by atoms with van der Waals surface area (Å²) < 4.78 is 11.5. The van der Waals surface area contributed by atoms with E-state index in [0.29, 0.717) is 48.7 Å². The molecule has 1 aromatic heterocycles. The Hall–Kier alpha value is -2.63. The van der Waals surface area contributed by atoms with Crippen LogP contribution in [0, 0.1) is 6.92 Å². The van der Waals surface area contributed by atoms with Gasteiger partial charge in [-0.15, -0.1) is 0 Å². The maximum atomic E-state index is 12.7. The van der Waals surface area contributed by atoms with Crippen LogP contribution in [-0.2, 0) is 0 Å². The topological polar surface area (TPSA) is 72.6 Å². The number of hydrogen-bond acceptors (Lipinski definition) is 5. The number of ether oxygens (including phenoxy) is 1. The molecule has 1 unspecified atom stereocenters. The van der Waals surface area contributed by atoms with Crippen LogP contribution in [0.15, 0.2) is 35.1 Å². The first-order valence-corrected chi connectivity index (χ1v) is 8.59. The monoisotopic (exact) mass is 340 g/mol. The Balaban J connectivity index is 1.53. The maximum Gasteiger partial charge on any atom is 0.291 e. The Morgan fingerprint density at radius 2 is 2.08 bits per heavy atom. The van der Waals surface area contributed by atoms with E-state index in [1.165, 1.54) is 6.39 Å². The molecule has 0 aliphatic carbocycles. The van der Waals surface area contributed by atoms with Crippen molar-refractivity contribution in [2.24, 2.45) is 0 Å². The molecule has 4 rings (SSSR count). The summed E-state index contributed by atoms with van der Waals surface area (Å²) in [6.45, 7) is 2.92. The maximum absolute atomic E-state index is 12.7. The zero-order chi connectivity index (χ0) is 17.4. The molecule has 0 N–H and O–H groups in total. The number of amides is 1. The summed E-state index contributed by atoms with van der Waals surface area (Å²) in [5, 5.41) is 0. The fourth-order valence-electron chi connectivity index (χ4n) is 3.74. The molecule has 2 aliphatic rings. The third kappa shape index (κ3) is 2.81. The zero-order valence-electron chi connectivity index (χ0n) is 14.2. The first-order valence-electron chi connectivity index (χ1n) is 8.59. The van der Waals surface area contributed by atoms with Crippen LogP contribution in [0.3, 0.4) is 0 Å². The van der Waals surface area contributed by atoms with E-state index in [1.54, 1.807) is 11.8 Å². The standard InChI is InChI=1S/C19H20N2O4/c1-13-17(24-12-20-13)18(23)21-9-4-7-19(8-10-21)11-15(22)14-5-2-3-6-16(14)25-19/h2-3,5-6,12H,4,7-11H2,1H3. The number of fused-ring (bicyclic) bond motifs is 1. The molecule has 0 radical (unpaired) electrons. The molecule has 3 heterocycles. The zero-order valence-corrected chi connectivity index (χ0v) is 14.2. The van der Waals surface area contributed by atoms with Crippen molar-refractivity contribution in [2.45, 2.75) is 38.2 Å². The number of oxazole rings is 1. The van der Waals surface area contributed by atoms with Gasteiger partial charge < -0.3 is 14.1 Å². The van der Waals surface area contributed by atoms with Crippen molar-refractivity contribution >= 4 is 11.7 Å². The molecule has 6 nitrogen and oxygen atoms in total. The van der Waals surface area contributed by atoms with Gasteiger partial charge >= 0.3 is 0 Å². The second-order valence-corrected chi connectivity index (χ2v) is 6.79.